The summed E-state index contributed by atoms with van der Waals surface area (Å²) < 4.78 is 0. The number of nitrogens with zero attached hydrogens (tertiary/aromatic N) is 3. The first-order valence-corrected chi connectivity index (χ1v) is 4.62. The fourth-order valence-electron chi connectivity index (χ4n) is 0.986. The van der Waals surface area contributed by atoms with Crippen molar-refractivity contribution < 1.29 is 4.79 Å². The van der Waals surface area contributed by atoms with Crippen molar-refractivity contribution in [3.05, 3.63) is 36.5 Å². The molecule has 1 aromatic rings. The molecule has 0 aliphatic rings. The average molecular weight is 206 g/mol. The molecular formula is C10H14N4O. The maximum atomic E-state index is 11.5. The van der Waals surface area contributed by atoms with Gasteiger partial charge in [0, 0.05) is 13.1 Å². The third-order valence-corrected chi connectivity index (χ3v) is 1.77. The molecular weight excluding hydrogens is 192 g/mol. The average Bonchev–Trinajstić information content (AvgIpc) is 2.70. The number of hydrogen-bond acceptors (Lipinski definition) is 3. The van der Waals surface area contributed by atoms with Gasteiger partial charge in [0.05, 0.1) is 6.54 Å². The molecule has 5 heteroatoms. The Balaban J connectivity index is 2.46. The summed E-state index contributed by atoms with van der Waals surface area (Å²) in [7, 11) is 1.71. The van der Waals surface area contributed by atoms with Gasteiger partial charge < -0.3 is 4.90 Å². The smallest absolute Gasteiger partial charge is 0.246 e. The van der Waals surface area contributed by atoms with E-state index in [1.54, 1.807) is 24.1 Å². The van der Waals surface area contributed by atoms with Crippen molar-refractivity contribution in [1.29, 1.82) is 0 Å². The summed E-state index contributed by atoms with van der Waals surface area (Å²) in [5.41, 5.74) is 0. The zero-order chi connectivity index (χ0) is 11.1. The predicted molar refractivity (Wildman–Crippen MR) is 56.8 cm³/mol. The third kappa shape index (κ3) is 3.76. The van der Waals surface area contributed by atoms with E-state index in [1.807, 2.05) is 13.0 Å². The zero-order valence-electron chi connectivity index (χ0n) is 8.84. The van der Waals surface area contributed by atoms with Crippen molar-refractivity contribution >= 4 is 5.91 Å². The molecule has 0 aliphatic heterocycles. The van der Waals surface area contributed by atoms with E-state index in [2.05, 4.69) is 15.2 Å². The van der Waals surface area contributed by atoms with Crippen LogP contribution in [0, 0.1) is 0 Å². The van der Waals surface area contributed by atoms with Crippen LogP contribution < -0.4 is 0 Å². The minimum absolute atomic E-state index is 0.0653. The molecule has 1 rings (SSSR count). The summed E-state index contributed by atoms with van der Waals surface area (Å²) in [5, 5.41) is 6.40. The van der Waals surface area contributed by atoms with Gasteiger partial charge >= 0.3 is 0 Å². The lowest BCUT2D eigenvalue weighted by Crippen LogP contribution is -2.24. The first-order chi connectivity index (χ1) is 7.24. The second-order valence-electron chi connectivity index (χ2n) is 3.01. The summed E-state index contributed by atoms with van der Waals surface area (Å²) in [6.45, 7) is 2.33. The minimum Gasteiger partial charge on any atom is -0.335 e. The van der Waals surface area contributed by atoms with E-state index in [1.165, 1.54) is 12.4 Å². The highest BCUT2D eigenvalue weighted by Gasteiger charge is 2.06. The molecule has 5 nitrogen and oxygen atoms in total. The molecule has 0 bridgehead atoms. The predicted octanol–water partition coefficient (Wildman–Crippen LogP) is 0.895. The van der Waals surface area contributed by atoms with Crippen LogP contribution in [-0.4, -0.2) is 33.0 Å². The number of amides is 1. The van der Waals surface area contributed by atoms with Crippen LogP contribution in [0.25, 0.3) is 0 Å². The Kier molecular flexibility index (Phi) is 4.28. The van der Waals surface area contributed by atoms with Gasteiger partial charge in [0.25, 0.3) is 0 Å². The summed E-state index contributed by atoms with van der Waals surface area (Å²) in [6.07, 6.45) is 8.30. The molecule has 15 heavy (non-hydrogen) atoms. The van der Waals surface area contributed by atoms with E-state index >= 15 is 0 Å². The number of likely N-dealkylation sites (N-methyl/N-ethyl adjacent to an activating group) is 1. The summed E-state index contributed by atoms with van der Waals surface area (Å²) in [4.78, 5) is 17.0. The number of carbonyl (C=O) groups is 1. The van der Waals surface area contributed by atoms with Gasteiger partial charge in [0.1, 0.15) is 12.2 Å². The Morgan fingerprint density at radius 3 is 3.00 bits per heavy atom. The van der Waals surface area contributed by atoms with Crippen LogP contribution in [0.5, 0.6) is 0 Å². The van der Waals surface area contributed by atoms with Gasteiger partial charge in [-0.3, -0.25) is 9.89 Å². The molecule has 0 saturated heterocycles. The number of hydrogen-bond donors (Lipinski definition) is 1. The number of nitrogens with one attached hydrogen (secondary N) is 1. The fraction of sp³-hybridized carbons (Fsp3) is 0.300. The lowest BCUT2D eigenvalue weighted by molar-refractivity contribution is -0.125. The van der Waals surface area contributed by atoms with Crippen LogP contribution in [0.2, 0.25) is 0 Å². The number of H-pyrrole nitrogens is 1. The second kappa shape index (κ2) is 5.74. The first-order valence-electron chi connectivity index (χ1n) is 4.62. The highest BCUT2D eigenvalue weighted by atomic mass is 16.2. The van der Waals surface area contributed by atoms with Gasteiger partial charge in [-0.05, 0) is 6.92 Å². The van der Waals surface area contributed by atoms with Crippen molar-refractivity contribution in [2.45, 2.75) is 13.5 Å². The molecule has 0 saturated carbocycles. The highest BCUT2D eigenvalue weighted by Crippen LogP contribution is 1.95. The van der Waals surface area contributed by atoms with Crippen molar-refractivity contribution in [3.63, 3.8) is 0 Å². The topological polar surface area (TPSA) is 61.9 Å². The Labute approximate surface area is 88.5 Å². The fourth-order valence-corrected chi connectivity index (χ4v) is 0.986. The molecule has 1 aromatic heterocycles. The standard InChI is InChI=1S/C10H14N4O/c1-3-4-5-6-10(15)14(2)7-9-11-8-12-13-9/h3-6,8H,7H2,1-2H3,(H,11,12,13). The highest BCUT2D eigenvalue weighted by molar-refractivity contribution is 5.87. The zero-order valence-corrected chi connectivity index (χ0v) is 8.84. The number of aromatic nitrogens is 3. The Bertz CT molecular complexity index is 354. The Morgan fingerprint density at radius 2 is 2.40 bits per heavy atom. The van der Waals surface area contributed by atoms with Gasteiger partial charge in [-0.2, -0.15) is 5.10 Å². The van der Waals surface area contributed by atoms with E-state index < -0.39 is 0 Å². The maximum absolute atomic E-state index is 11.5. The number of rotatable bonds is 4. The van der Waals surface area contributed by atoms with Gasteiger partial charge in [-0.15, -0.1) is 0 Å². The molecule has 0 spiro atoms. The molecule has 80 valence electrons. The minimum atomic E-state index is -0.0653. The van der Waals surface area contributed by atoms with Crippen LogP contribution in [0.3, 0.4) is 0 Å². The van der Waals surface area contributed by atoms with Crippen LogP contribution >= 0.6 is 0 Å². The normalized spacial score (nSPS) is 11.3. The Morgan fingerprint density at radius 1 is 1.60 bits per heavy atom. The molecule has 1 amide bonds. The molecule has 0 atom stereocenters. The van der Waals surface area contributed by atoms with Crippen molar-refractivity contribution in [3.8, 4) is 0 Å². The molecule has 0 fully saturated rings. The molecule has 0 aliphatic carbocycles. The van der Waals surface area contributed by atoms with Crippen molar-refractivity contribution in [2.75, 3.05) is 7.05 Å². The third-order valence-electron chi connectivity index (χ3n) is 1.77. The summed E-state index contributed by atoms with van der Waals surface area (Å²) in [6, 6.07) is 0. The molecule has 1 N–H and O–H groups in total. The van der Waals surface area contributed by atoms with Crippen LogP contribution in [0.15, 0.2) is 30.6 Å². The number of aromatic amines is 1. The SMILES string of the molecule is CC=CC=CC(=O)N(C)Cc1ncn[nH]1. The van der Waals surface area contributed by atoms with Crippen LogP contribution in [0.4, 0.5) is 0 Å². The van der Waals surface area contributed by atoms with Gasteiger partial charge in [-0.25, -0.2) is 4.98 Å². The quantitative estimate of drug-likeness (QED) is 0.588. The molecule has 0 aromatic carbocycles. The number of carbonyl (C=O) groups excluding carboxylic acids is 1. The van der Waals surface area contributed by atoms with E-state index in [4.69, 9.17) is 0 Å². The monoisotopic (exact) mass is 206 g/mol. The molecule has 1 heterocycles. The maximum Gasteiger partial charge on any atom is 0.246 e. The van der Waals surface area contributed by atoms with Crippen molar-refractivity contribution in [1.82, 2.24) is 20.1 Å². The van der Waals surface area contributed by atoms with Crippen molar-refractivity contribution in [2.24, 2.45) is 0 Å². The van der Waals surface area contributed by atoms with E-state index in [9.17, 15) is 4.79 Å². The number of allylic oxidation sites excluding steroid dienone is 3. The first kappa shape index (κ1) is 11.2. The van der Waals surface area contributed by atoms with Crippen LogP contribution in [-0.2, 0) is 11.3 Å². The van der Waals surface area contributed by atoms with Gasteiger partial charge in [0.15, 0.2) is 0 Å². The van der Waals surface area contributed by atoms with Crippen LogP contribution in [0.1, 0.15) is 12.7 Å². The Hall–Kier alpha value is -1.91. The second-order valence-corrected chi connectivity index (χ2v) is 3.01. The van der Waals surface area contributed by atoms with E-state index in [-0.39, 0.29) is 5.91 Å². The van der Waals surface area contributed by atoms with Gasteiger partial charge in [-0.1, -0.05) is 18.2 Å². The molecule has 0 unspecified atom stereocenters. The van der Waals surface area contributed by atoms with Gasteiger partial charge in [0.2, 0.25) is 5.91 Å². The summed E-state index contributed by atoms with van der Waals surface area (Å²) in [5.74, 6) is 0.606. The summed E-state index contributed by atoms with van der Waals surface area (Å²) >= 11 is 0. The van der Waals surface area contributed by atoms with E-state index in [0.29, 0.717) is 12.4 Å². The lowest BCUT2D eigenvalue weighted by atomic mass is 10.4. The molecule has 0 radical (unpaired) electrons. The van der Waals surface area contributed by atoms with E-state index in [0.717, 1.165) is 0 Å². The lowest BCUT2D eigenvalue weighted by Gasteiger charge is -2.12. The largest absolute Gasteiger partial charge is 0.335 e.